The molecule has 7 heteroatoms. The van der Waals surface area contributed by atoms with Crippen LogP contribution in [-0.2, 0) is 19.1 Å². The Hall–Kier alpha value is -3.94. The molecule has 1 fully saturated rings. The predicted molar refractivity (Wildman–Crippen MR) is 143 cm³/mol. The van der Waals surface area contributed by atoms with Crippen LogP contribution in [-0.4, -0.2) is 43.8 Å². The van der Waals surface area contributed by atoms with Crippen LogP contribution >= 0.6 is 0 Å². The fourth-order valence-corrected chi connectivity index (χ4v) is 4.73. The number of anilines is 2. The zero-order valence-corrected chi connectivity index (χ0v) is 20.8. The average Bonchev–Trinajstić information content (AvgIpc) is 2.92. The third kappa shape index (κ3) is 6.25. The molecule has 2 aliphatic carbocycles. The maximum Gasteiger partial charge on any atom is 0.255 e. The fourth-order valence-electron chi connectivity index (χ4n) is 4.73. The summed E-state index contributed by atoms with van der Waals surface area (Å²) < 4.78 is 11.4. The van der Waals surface area contributed by atoms with Crippen LogP contribution in [0.1, 0.15) is 13.3 Å². The monoisotopic (exact) mass is 497 g/mol. The van der Waals surface area contributed by atoms with Gasteiger partial charge in [-0.2, -0.15) is 0 Å². The van der Waals surface area contributed by atoms with Crippen LogP contribution in [0, 0.1) is 5.92 Å². The zero-order valence-electron chi connectivity index (χ0n) is 20.8. The van der Waals surface area contributed by atoms with Gasteiger partial charge in [0.1, 0.15) is 18.8 Å². The second kappa shape index (κ2) is 11.4. The molecule has 0 radical (unpaired) electrons. The summed E-state index contributed by atoms with van der Waals surface area (Å²) in [5.74, 6) is -0.187. The molecule has 1 saturated heterocycles. The highest BCUT2D eigenvalue weighted by Crippen LogP contribution is 2.25. The van der Waals surface area contributed by atoms with E-state index in [2.05, 4.69) is 17.6 Å². The van der Waals surface area contributed by atoms with Gasteiger partial charge in [-0.05, 0) is 48.8 Å². The first-order chi connectivity index (χ1) is 18.0. The number of benzene rings is 2. The molecule has 2 N–H and O–H groups in total. The Morgan fingerprint density at radius 1 is 0.892 bits per heavy atom. The van der Waals surface area contributed by atoms with E-state index in [0.29, 0.717) is 30.9 Å². The number of fused-ring (bicyclic) bond motifs is 1. The molecule has 1 aliphatic heterocycles. The number of amides is 2. The number of para-hydroxylation sites is 2. The molecule has 0 saturated carbocycles. The minimum Gasteiger partial charge on any atom is -0.369 e. The van der Waals surface area contributed by atoms with Crippen molar-refractivity contribution in [2.75, 3.05) is 24.7 Å². The highest BCUT2D eigenvalue weighted by atomic mass is 16.6. The lowest BCUT2D eigenvalue weighted by atomic mass is 9.97. The minimum atomic E-state index is -0.245. The summed E-state index contributed by atoms with van der Waals surface area (Å²) in [6, 6.07) is 19.7. The molecule has 190 valence electrons. The first-order valence-corrected chi connectivity index (χ1v) is 12.6. The second-order valence-corrected chi connectivity index (χ2v) is 9.38. The van der Waals surface area contributed by atoms with Gasteiger partial charge in [-0.15, -0.1) is 0 Å². The van der Waals surface area contributed by atoms with Crippen LogP contribution in [0.15, 0.2) is 108 Å². The van der Waals surface area contributed by atoms with Crippen molar-refractivity contribution in [3.8, 4) is 0 Å². The average molecular weight is 498 g/mol. The van der Waals surface area contributed by atoms with E-state index in [1.165, 1.54) is 0 Å². The van der Waals surface area contributed by atoms with E-state index in [4.69, 9.17) is 9.47 Å². The summed E-state index contributed by atoms with van der Waals surface area (Å²) >= 11 is 0. The van der Waals surface area contributed by atoms with Crippen molar-refractivity contribution in [3.63, 3.8) is 0 Å². The van der Waals surface area contributed by atoms with E-state index in [0.717, 1.165) is 17.1 Å². The molecule has 3 atom stereocenters. The highest BCUT2D eigenvalue weighted by molar-refractivity contribution is 5.97. The smallest absolute Gasteiger partial charge is 0.255 e. The van der Waals surface area contributed by atoms with Gasteiger partial charge in [0.15, 0.2) is 0 Å². The molecule has 7 nitrogen and oxygen atoms in total. The van der Waals surface area contributed by atoms with Crippen LogP contribution < -0.4 is 15.5 Å². The van der Waals surface area contributed by atoms with E-state index < -0.39 is 0 Å². The Balaban J connectivity index is 1.25. The molecule has 2 aromatic carbocycles. The molecule has 0 spiro atoms. The van der Waals surface area contributed by atoms with Crippen LogP contribution in [0.25, 0.3) is 0 Å². The molecule has 1 heterocycles. The van der Waals surface area contributed by atoms with Gasteiger partial charge in [0.2, 0.25) is 5.91 Å². The van der Waals surface area contributed by atoms with Crippen molar-refractivity contribution in [1.82, 2.24) is 10.6 Å². The number of hydrogen-bond acceptors (Lipinski definition) is 5. The molecule has 5 rings (SSSR count). The van der Waals surface area contributed by atoms with E-state index in [1.807, 2.05) is 89.9 Å². The molecule has 37 heavy (non-hydrogen) atoms. The van der Waals surface area contributed by atoms with E-state index in [9.17, 15) is 9.59 Å². The summed E-state index contributed by atoms with van der Waals surface area (Å²) in [4.78, 5) is 28.1. The van der Waals surface area contributed by atoms with Gasteiger partial charge in [0.05, 0.1) is 13.2 Å². The van der Waals surface area contributed by atoms with Crippen LogP contribution in [0.2, 0.25) is 0 Å². The number of ether oxygens (including phenoxy) is 2. The van der Waals surface area contributed by atoms with Gasteiger partial charge in [0.25, 0.3) is 5.91 Å². The maximum absolute atomic E-state index is 13.1. The van der Waals surface area contributed by atoms with Crippen molar-refractivity contribution in [2.45, 2.75) is 25.6 Å². The van der Waals surface area contributed by atoms with Crippen molar-refractivity contribution in [3.05, 3.63) is 108 Å². The number of carbonyl (C=O) groups excluding carboxylic acids is 2. The van der Waals surface area contributed by atoms with E-state index in [-0.39, 0.29) is 36.5 Å². The predicted octanol–water partition coefficient (Wildman–Crippen LogP) is 4.14. The summed E-state index contributed by atoms with van der Waals surface area (Å²) in [5.41, 5.74) is 3.85. The molecular weight excluding hydrogens is 466 g/mol. The number of nitrogens with zero attached hydrogens (tertiary/aromatic N) is 1. The number of rotatable bonds is 7. The zero-order chi connectivity index (χ0) is 25.6. The molecule has 3 unspecified atom stereocenters. The highest BCUT2D eigenvalue weighted by Gasteiger charge is 2.28. The van der Waals surface area contributed by atoms with Crippen molar-refractivity contribution < 1.29 is 19.1 Å². The molecule has 0 bridgehead atoms. The third-order valence-electron chi connectivity index (χ3n) is 6.43. The largest absolute Gasteiger partial charge is 0.369 e. The lowest BCUT2D eigenvalue weighted by Crippen LogP contribution is -2.39. The van der Waals surface area contributed by atoms with Crippen LogP contribution in [0.3, 0.4) is 0 Å². The summed E-state index contributed by atoms with van der Waals surface area (Å²) in [6.07, 6.45) is 9.59. The van der Waals surface area contributed by atoms with Crippen molar-refractivity contribution in [1.29, 1.82) is 0 Å². The summed E-state index contributed by atoms with van der Waals surface area (Å²) in [5, 5.41) is 6.04. The van der Waals surface area contributed by atoms with Crippen LogP contribution in [0.4, 0.5) is 11.4 Å². The Morgan fingerprint density at radius 2 is 1.54 bits per heavy atom. The summed E-state index contributed by atoms with van der Waals surface area (Å²) in [7, 11) is 0. The minimum absolute atomic E-state index is 0.143. The topological polar surface area (TPSA) is 79.9 Å². The molecule has 2 aromatic rings. The number of hydrogen-bond donors (Lipinski definition) is 2. The quantitative estimate of drug-likeness (QED) is 0.601. The Morgan fingerprint density at radius 3 is 2.22 bits per heavy atom. The fraction of sp³-hybridized carbons (Fsp3) is 0.267. The van der Waals surface area contributed by atoms with Gasteiger partial charge < -0.3 is 25.0 Å². The van der Waals surface area contributed by atoms with Crippen molar-refractivity contribution in [2.24, 2.45) is 5.92 Å². The number of carbonyl (C=O) groups is 2. The molecule has 3 aliphatic rings. The standard InChI is InChI=1S/C30H31N3O4/c1-21-16-23(19-24(17-21)32-30(35)22-12-13-27-28(18-22)37-15-14-36-27)31-29(34)20-33(25-8-4-2-5-9-25)26-10-6-3-7-11-26/h2-13,16,18-19,21,27-28H,14-15,17,20H2,1H3,(H,31,34)(H,32,35). The Labute approximate surface area is 217 Å². The van der Waals surface area contributed by atoms with Gasteiger partial charge in [0, 0.05) is 28.3 Å². The lowest BCUT2D eigenvalue weighted by Gasteiger charge is -2.30. The second-order valence-electron chi connectivity index (χ2n) is 9.38. The third-order valence-corrected chi connectivity index (χ3v) is 6.43. The van der Waals surface area contributed by atoms with Crippen LogP contribution in [0.5, 0.6) is 0 Å². The molecule has 0 aromatic heterocycles. The Bertz CT molecular complexity index is 1210. The first kappa shape index (κ1) is 24.7. The van der Waals surface area contributed by atoms with E-state index in [1.54, 1.807) is 6.08 Å². The van der Waals surface area contributed by atoms with Gasteiger partial charge in [-0.1, -0.05) is 61.5 Å². The number of nitrogens with one attached hydrogen (secondary N) is 2. The Kier molecular flexibility index (Phi) is 7.63. The maximum atomic E-state index is 13.1. The summed E-state index contributed by atoms with van der Waals surface area (Å²) in [6.45, 7) is 3.28. The van der Waals surface area contributed by atoms with Gasteiger partial charge in [-0.25, -0.2) is 0 Å². The van der Waals surface area contributed by atoms with E-state index >= 15 is 0 Å². The first-order valence-electron chi connectivity index (χ1n) is 12.6. The molecular formula is C30H31N3O4. The SMILES string of the molecule is CC1C=C(NC(=O)CN(c2ccccc2)c2ccccc2)C=C(NC(=O)C2=CC3OCCOC3C=C2)C1. The van der Waals surface area contributed by atoms with Crippen molar-refractivity contribution >= 4 is 23.2 Å². The lowest BCUT2D eigenvalue weighted by molar-refractivity contribution is -0.119. The number of allylic oxidation sites excluding steroid dienone is 3. The molecule has 2 amide bonds. The van der Waals surface area contributed by atoms with Gasteiger partial charge >= 0.3 is 0 Å². The van der Waals surface area contributed by atoms with Gasteiger partial charge in [-0.3, -0.25) is 9.59 Å². The normalized spacial score (nSPS) is 22.6.